The Balaban J connectivity index is 1.44. The fraction of sp³-hybridized carbons (Fsp3) is 0.286. The van der Waals surface area contributed by atoms with Gasteiger partial charge in [0, 0.05) is 43.2 Å². The maximum Gasteiger partial charge on any atom is 0.251 e. The Morgan fingerprint density at radius 1 is 1.15 bits per heavy atom. The predicted octanol–water partition coefficient (Wildman–Crippen LogP) is 2.70. The molecule has 1 saturated heterocycles. The van der Waals surface area contributed by atoms with Crippen molar-refractivity contribution >= 4 is 5.91 Å². The van der Waals surface area contributed by atoms with Crippen molar-refractivity contribution in [1.29, 1.82) is 0 Å². The van der Waals surface area contributed by atoms with Crippen molar-refractivity contribution in [2.75, 3.05) is 19.6 Å². The summed E-state index contributed by atoms with van der Waals surface area (Å²) in [5.41, 5.74) is 3.94. The number of hydrogen-bond acceptors (Lipinski definition) is 5. The van der Waals surface area contributed by atoms with Crippen molar-refractivity contribution in [1.82, 2.24) is 20.4 Å². The van der Waals surface area contributed by atoms with Crippen LogP contribution in [0.4, 0.5) is 0 Å². The van der Waals surface area contributed by atoms with Crippen LogP contribution in [-0.4, -0.2) is 40.6 Å². The number of nitrogens with one attached hydrogen (secondary N) is 1. The fourth-order valence-corrected chi connectivity index (χ4v) is 4.32. The highest BCUT2D eigenvalue weighted by molar-refractivity contribution is 5.97. The van der Waals surface area contributed by atoms with E-state index in [4.69, 9.17) is 4.42 Å². The van der Waals surface area contributed by atoms with Gasteiger partial charge in [-0.15, -0.1) is 10.2 Å². The summed E-state index contributed by atoms with van der Waals surface area (Å²) in [6, 6.07) is 16.5. The normalized spacial score (nSPS) is 22.0. The van der Waals surface area contributed by atoms with Crippen molar-refractivity contribution < 1.29 is 9.21 Å². The Morgan fingerprint density at radius 3 is 2.85 bits per heavy atom. The van der Waals surface area contributed by atoms with Gasteiger partial charge in [-0.3, -0.25) is 9.69 Å². The molecule has 0 bridgehead atoms. The first-order valence-corrected chi connectivity index (χ1v) is 9.23. The number of fused-ring (bicyclic) bond motifs is 3. The Labute approximate surface area is 157 Å². The molecule has 3 heterocycles. The van der Waals surface area contributed by atoms with E-state index in [-0.39, 0.29) is 5.91 Å². The number of rotatable bonds is 3. The SMILES string of the molecule is O=C1NCC2CN(Cc3ccccc3)CC2c2ccc(-c3nnco3)cc21. The second-order valence-corrected chi connectivity index (χ2v) is 7.30. The van der Waals surface area contributed by atoms with Gasteiger partial charge >= 0.3 is 0 Å². The van der Waals surface area contributed by atoms with E-state index >= 15 is 0 Å². The van der Waals surface area contributed by atoms with E-state index in [1.807, 2.05) is 18.2 Å². The molecule has 2 aromatic carbocycles. The van der Waals surface area contributed by atoms with Crippen molar-refractivity contribution in [3.8, 4) is 11.5 Å². The quantitative estimate of drug-likeness (QED) is 0.778. The molecule has 1 N–H and O–H groups in total. The Morgan fingerprint density at radius 2 is 2.04 bits per heavy atom. The molecule has 6 heteroatoms. The average molecular weight is 360 g/mol. The Kier molecular flexibility index (Phi) is 3.98. The van der Waals surface area contributed by atoms with Gasteiger partial charge in [-0.1, -0.05) is 36.4 Å². The van der Waals surface area contributed by atoms with Crippen molar-refractivity contribution in [2.45, 2.75) is 12.5 Å². The van der Waals surface area contributed by atoms with Crippen LogP contribution in [0.3, 0.4) is 0 Å². The summed E-state index contributed by atoms with van der Waals surface area (Å²) in [6.07, 6.45) is 1.30. The molecule has 0 aliphatic carbocycles. The summed E-state index contributed by atoms with van der Waals surface area (Å²) >= 11 is 0. The van der Waals surface area contributed by atoms with Crippen molar-refractivity contribution in [3.05, 3.63) is 71.6 Å². The van der Waals surface area contributed by atoms with Crippen LogP contribution < -0.4 is 5.32 Å². The summed E-state index contributed by atoms with van der Waals surface area (Å²) in [7, 11) is 0. The molecule has 1 fully saturated rings. The molecule has 0 spiro atoms. The van der Waals surface area contributed by atoms with Gasteiger partial charge in [0.15, 0.2) is 0 Å². The highest BCUT2D eigenvalue weighted by Crippen LogP contribution is 2.37. The van der Waals surface area contributed by atoms with Gasteiger partial charge in [-0.05, 0) is 29.2 Å². The first-order valence-electron chi connectivity index (χ1n) is 9.23. The number of carbonyl (C=O) groups excluding carboxylic acids is 1. The number of benzene rings is 2. The van der Waals surface area contributed by atoms with E-state index in [0.29, 0.717) is 24.3 Å². The van der Waals surface area contributed by atoms with E-state index in [0.717, 1.165) is 36.3 Å². The molecule has 27 heavy (non-hydrogen) atoms. The van der Waals surface area contributed by atoms with Crippen molar-refractivity contribution in [2.24, 2.45) is 5.92 Å². The third-order valence-corrected chi connectivity index (χ3v) is 5.59. The lowest BCUT2D eigenvalue weighted by atomic mass is 9.86. The van der Waals surface area contributed by atoms with E-state index in [9.17, 15) is 4.79 Å². The minimum Gasteiger partial charge on any atom is -0.423 e. The Hall–Kier alpha value is -2.99. The van der Waals surface area contributed by atoms with Gasteiger partial charge in [-0.25, -0.2) is 0 Å². The molecule has 0 saturated carbocycles. The smallest absolute Gasteiger partial charge is 0.251 e. The van der Waals surface area contributed by atoms with E-state index in [1.165, 1.54) is 12.0 Å². The second kappa shape index (κ2) is 6.63. The highest BCUT2D eigenvalue weighted by Gasteiger charge is 2.38. The molecule has 6 nitrogen and oxygen atoms in total. The summed E-state index contributed by atoms with van der Waals surface area (Å²) in [4.78, 5) is 15.1. The molecule has 2 atom stereocenters. The highest BCUT2D eigenvalue weighted by atomic mass is 16.4. The standard InChI is InChI=1S/C21H20N4O2/c26-20-18-8-15(21-24-23-13-27-21)6-7-17(18)19-12-25(11-16(19)9-22-20)10-14-4-2-1-3-5-14/h1-8,13,16,19H,9-12H2,(H,22,26). The lowest BCUT2D eigenvalue weighted by Gasteiger charge is -2.17. The molecule has 2 aliphatic heterocycles. The third-order valence-electron chi connectivity index (χ3n) is 5.59. The molecular weight excluding hydrogens is 340 g/mol. The van der Waals surface area contributed by atoms with Crippen LogP contribution in [0.2, 0.25) is 0 Å². The molecule has 1 amide bonds. The van der Waals surface area contributed by atoms with Crippen LogP contribution in [0, 0.1) is 5.92 Å². The molecule has 1 aromatic heterocycles. The van der Waals surface area contributed by atoms with E-state index in [2.05, 4.69) is 50.7 Å². The molecule has 3 aromatic rings. The maximum atomic E-state index is 12.6. The molecule has 2 unspecified atom stereocenters. The zero-order valence-electron chi connectivity index (χ0n) is 14.8. The number of likely N-dealkylation sites (tertiary alicyclic amines) is 1. The number of hydrogen-bond donors (Lipinski definition) is 1. The topological polar surface area (TPSA) is 71.3 Å². The predicted molar refractivity (Wildman–Crippen MR) is 100 cm³/mol. The minimum atomic E-state index is -0.0182. The summed E-state index contributed by atoms with van der Waals surface area (Å²) < 4.78 is 5.28. The third kappa shape index (κ3) is 3.02. The van der Waals surface area contributed by atoms with E-state index < -0.39 is 0 Å². The molecular formula is C21H20N4O2. The first kappa shape index (κ1) is 16.2. The number of aromatic nitrogens is 2. The summed E-state index contributed by atoms with van der Waals surface area (Å²) in [5, 5.41) is 10.8. The molecule has 5 rings (SSSR count). The fourth-order valence-electron chi connectivity index (χ4n) is 4.32. The molecule has 136 valence electrons. The van der Waals surface area contributed by atoms with Crippen molar-refractivity contribution in [3.63, 3.8) is 0 Å². The lowest BCUT2D eigenvalue weighted by molar-refractivity contribution is 0.0951. The van der Waals surface area contributed by atoms with Gasteiger partial charge < -0.3 is 9.73 Å². The Bertz CT molecular complexity index is 956. The minimum absolute atomic E-state index is 0.0182. The molecule has 0 radical (unpaired) electrons. The van der Waals surface area contributed by atoms with Gasteiger partial charge in [0.1, 0.15) is 0 Å². The van der Waals surface area contributed by atoms with Gasteiger partial charge in [-0.2, -0.15) is 0 Å². The monoisotopic (exact) mass is 360 g/mol. The van der Waals surface area contributed by atoms with Crippen LogP contribution in [-0.2, 0) is 6.54 Å². The largest absolute Gasteiger partial charge is 0.423 e. The molecule has 2 aliphatic rings. The van der Waals surface area contributed by atoms with Crippen LogP contribution in [0.5, 0.6) is 0 Å². The van der Waals surface area contributed by atoms with Crippen LogP contribution in [0.1, 0.15) is 27.4 Å². The lowest BCUT2D eigenvalue weighted by Crippen LogP contribution is -2.29. The van der Waals surface area contributed by atoms with Crippen LogP contribution in [0.25, 0.3) is 11.5 Å². The zero-order valence-corrected chi connectivity index (χ0v) is 14.8. The summed E-state index contributed by atoms with van der Waals surface area (Å²) in [5.74, 6) is 1.19. The van der Waals surface area contributed by atoms with Gasteiger partial charge in [0.05, 0.1) is 0 Å². The number of amides is 1. The zero-order chi connectivity index (χ0) is 18.2. The van der Waals surface area contributed by atoms with Crippen LogP contribution >= 0.6 is 0 Å². The van der Waals surface area contributed by atoms with Gasteiger partial charge in [0.2, 0.25) is 12.3 Å². The second-order valence-electron chi connectivity index (χ2n) is 7.30. The number of carbonyl (C=O) groups is 1. The van der Waals surface area contributed by atoms with E-state index in [1.54, 1.807) is 0 Å². The average Bonchev–Trinajstić information content (AvgIpc) is 3.34. The first-order chi connectivity index (χ1) is 13.3. The maximum absolute atomic E-state index is 12.6. The summed E-state index contributed by atoms with van der Waals surface area (Å²) in [6.45, 7) is 3.60. The number of nitrogens with zero attached hydrogens (tertiary/aromatic N) is 3. The van der Waals surface area contributed by atoms with Crippen LogP contribution in [0.15, 0.2) is 59.3 Å². The van der Waals surface area contributed by atoms with Gasteiger partial charge in [0.25, 0.3) is 5.91 Å².